The molecule has 0 saturated heterocycles. The van der Waals surface area contributed by atoms with E-state index in [2.05, 4.69) is 5.92 Å². The van der Waals surface area contributed by atoms with E-state index in [0.29, 0.717) is 13.0 Å². The van der Waals surface area contributed by atoms with Gasteiger partial charge in [0.2, 0.25) is 0 Å². The largest absolute Gasteiger partial charge is 0.609 e. The highest BCUT2D eigenvalue weighted by atomic mass is 15.4. The number of rotatable bonds is 3. The fourth-order valence-corrected chi connectivity index (χ4v) is 0.291. The number of nitrogens with two attached hydrogens (primary N) is 1. The van der Waals surface area contributed by atoms with Crippen molar-refractivity contribution in [3.8, 4) is 12.3 Å². The van der Waals surface area contributed by atoms with Gasteiger partial charge in [-0.3, -0.25) is 0 Å². The highest BCUT2D eigenvalue weighted by Crippen LogP contribution is 1.83. The van der Waals surface area contributed by atoms with E-state index < -0.39 is 0 Å². The van der Waals surface area contributed by atoms with E-state index in [9.17, 15) is 0 Å². The molecule has 0 aliphatic heterocycles. The molecule has 3 heteroatoms. The van der Waals surface area contributed by atoms with Crippen LogP contribution in [0.5, 0.6) is 0 Å². The van der Waals surface area contributed by atoms with E-state index in [-0.39, 0.29) is 6.67 Å². The van der Waals surface area contributed by atoms with E-state index in [4.69, 9.17) is 18.0 Å². The Balaban J connectivity index is 3.01. The van der Waals surface area contributed by atoms with Crippen LogP contribution >= 0.6 is 0 Å². The van der Waals surface area contributed by atoms with Gasteiger partial charge in [0.15, 0.2) is 0 Å². The summed E-state index contributed by atoms with van der Waals surface area (Å²) >= 11 is 0. The Morgan fingerprint density at radius 1 is 1.75 bits per heavy atom. The number of terminal acetylenes is 1. The van der Waals surface area contributed by atoms with Gasteiger partial charge in [-0.1, -0.05) is 0 Å². The molecule has 3 N–H and O–H groups in total. The fourth-order valence-electron chi connectivity index (χ4n) is 0.291. The lowest BCUT2D eigenvalue weighted by molar-refractivity contribution is 0.398. The smallest absolute Gasteiger partial charge is 0.0284 e. The second-order valence-corrected chi connectivity index (χ2v) is 1.40. The van der Waals surface area contributed by atoms with Crippen molar-refractivity contribution in [3.05, 3.63) is 5.84 Å². The van der Waals surface area contributed by atoms with E-state index in [1.165, 1.54) is 5.01 Å². The minimum absolute atomic E-state index is 0.252. The molecule has 0 rings (SSSR count). The summed E-state index contributed by atoms with van der Waals surface area (Å²) in [6.45, 7) is 0.814. The van der Waals surface area contributed by atoms with Crippen molar-refractivity contribution in [2.75, 3.05) is 13.2 Å². The Kier molecular flexibility index (Phi) is 4.27. The van der Waals surface area contributed by atoms with Crippen LogP contribution in [0.2, 0.25) is 0 Å². The Labute approximate surface area is 49.6 Å². The highest BCUT2D eigenvalue weighted by molar-refractivity contribution is 4.84. The van der Waals surface area contributed by atoms with E-state index in [1.54, 1.807) is 0 Å². The average molecular weight is 112 g/mol. The van der Waals surface area contributed by atoms with Crippen molar-refractivity contribution in [2.45, 2.75) is 6.42 Å². The zero-order valence-electron chi connectivity index (χ0n) is 4.72. The van der Waals surface area contributed by atoms with Crippen molar-refractivity contribution in [3.63, 3.8) is 0 Å². The second kappa shape index (κ2) is 4.60. The summed E-state index contributed by atoms with van der Waals surface area (Å²) < 4.78 is 0. The Morgan fingerprint density at radius 3 is 2.75 bits per heavy atom. The molecule has 0 bridgehead atoms. The van der Waals surface area contributed by atoms with Crippen LogP contribution in [0.4, 0.5) is 0 Å². The normalized spacial score (nSPS) is 9.25. The zero-order chi connectivity index (χ0) is 6.41. The maximum atomic E-state index is 6.94. The third-order valence-corrected chi connectivity index (χ3v) is 0.746. The summed E-state index contributed by atoms with van der Waals surface area (Å²) in [4.78, 5) is 0. The molecule has 46 valence electrons. The Morgan fingerprint density at radius 2 is 2.38 bits per heavy atom. The monoisotopic (exact) mass is 112 g/mol. The lowest BCUT2D eigenvalue weighted by atomic mass is 10.4. The molecule has 0 fully saturated rings. The number of nitrogens with zero attached hydrogens (tertiary/aromatic N) is 1. The number of hydrogen-bond acceptors (Lipinski definition) is 2. The molecule has 0 radical (unpaired) electrons. The molecule has 0 heterocycles. The van der Waals surface area contributed by atoms with Gasteiger partial charge in [-0.15, -0.1) is 12.3 Å². The van der Waals surface area contributed by atoms with Gasteiger partial charge in [0.25, 0.3) is 0 Å². The number of nitrogens with one attached hydrogen (secondary N) is 1. The first kappa shape index (κ1) is 7.44. The first-order chi connectivity index (χ1) is 3.81. The van der Waals surface area contributed by atoms with E-state index >= 15 is 0 Å². The van der Waals surface area contributed by atoms with Crippen LogP contribution in [0, 0.1) is 12.3 Å². The lowest BCUT2D eigenvalue weighted by Crippen LogP contribution is -2.22. The topological polar surface area (TPSA) is 53.1 Å². The Bertz CT molecular complexity index is 84.2. The molecule has 0 aromatic rings. The van der Waals surface area contributed by atoms with Gasteiger partial charge in [-0.2, -0.15) is 0 Å². The number of hydrogen-bond donors (Lipinski definition) is 1. The molecule has 3 nitrogen and oxygen atoms in total. The van der Waals surface area contributed by atoms with Crippen LogP contribution in [0.3, 0.4) is 0 Å². The minimum atomic E-state index is 0.252. The quantitative estimate of drug-likeness (QED) is 0.322. The second-order valence-electron chi connectivity index (χ2n) is 1.40. The molecule has 0 aromatic carbocycles. The summed E-state index contributed by atoms with van der Waals surface area (Å²) in [6.07, 6.45) is 5.53. The lowest BCUT2D eigenvalue weighted by Gasteiger charge is -2.21. The fraction of sp³-hybridized carbons (Fsp3) is 0.600. The predicted molar refractivity (Wildman–Crippen MR) is 33.5 cm³/mol. The van der Waals surface area contributed by atoms with Crippen LogP contribution in [0.15, 0.2) is 0 Å². The van der Waals surface area contributed by atoms with Gasteiger partial charge in [0.1, 0.15) is 0 Å². The molecular formula is C5H10N3-. The van der Waals surface area contributed by atoms with Gasteiger partial charge in [0.05, 0.1) is 0 Å². The van der Waals surface area contributed by atoms with Gasteiger partial charge in [-0.05, 0) is 6.54 Å². The van der Waals surface area contributed by atoms with Crippen LogP contribution in [0.25, 0.3) is 5.84 Å². The Hall–Kier alpha value is -0.560. The third-order valence-electron chi connectivity index (χ3n) is 0.746. The van der Waals surface area contributed by atoms with Gasteiger partial charge in [-0.25, -0.2) is 0 Å². The van der Waals surface area contributed by atoms with Gasteiger partial charge >= 0.3 is 0 Å². The highest BCUT2D eigenvalue weighted by Gasteiger charge is 1.81. The molecule has 0 atom stereocenters. The van der Waals surface area contributed by atoms with Crippen molar-refractivity contribution < 1.29 is 0 Å². The van der Waals surface area contributed by atoms with Gasteiger partial charge in [0, 0.05) is 13.1 Å². The molecular weight excluding hydrogens is 102 g/mol. The molecule has 8 heavy (non-hydrogen) atoms. The molecule has 0 spiro atoms. The average Bonchev–Trinajstić information content (AvgIpc) is 1.83. The SMILES string of the molecule is C#CCCN([NH-])CN. The van der Waals surface area contributed by atoms with Crippen LogP contribution in [0.1, 0.15) is 6.42 Å². The van der Waals surface area contributed by atoms with Crippen LogP contribution in [-0.2, 0) is 0 Å². The summed E-state index contributed by atoms with van der Waals surface area (Å²) in [5, 5.41) is 1.22. The first-order valence-corrected chi connectivity index (χ1v) is 2.41. The van der Waals surface area contributed by atoms with Crippen molar-refractivity contribution >= 4 is 0 Å². The van der Waals surface area contributed by atoms with E-state index in [0.717, 1.165) is 0 Å². The standard InChI is InChI=1S/C5H10N3/c1-2-3-4-8(7)5-6/h1,7H,3-6H2/q-1. The van der Waals surface area contributed by atoms with Crippen molar-refractivity contribution in [1.82, 2.24) is 5.01 Å². The van der Waals surface area contributed by atoms with Gasteiger partial charge < -0.3 is 16.6 Å². The van der Waals surface area contributed by atoms with E-state index in [1.807, 2.05) is 0 Å². The molecule has 0 aromatic heterocycles. The first-order valence-electron chi connectivity index (χ1n) is 2.41. The molecule has 0 unspecified atom stereocenters. The molecule has 0 amide bonds. The minimum Gasteiger partial charge on any atom is -0.609 e. The molecule has 0 aliphatic carbocycles. The maximum absolute atomic E-state index is 6.94. The van der Waals surface area contributed by atoms with Crippen molar-refractivity contribution in [2.24, 2.45) is 5.73 Å². The van der Waals surface area contributed by atoms with Crippen LogP contribution < -0.4 is 5.73 Å². The summed E-state index contributed by atoms with van der Waals surface area (Å²) in [5.74, 6) is 9.35. The summed E-state index contributed by atoms with van der Waals surface area (Å²) in [6, 6.07) is 0. The summed E-state index contributed by atoms with van der Waals surface area (Å²) in [7, 11) is 0. The summed E-state index contributed by atoms with van der Waals surface area (Å²) in [5.41, 5.74) is 5.08. The van der Waals surface area contributed by atoms with Crippen molar-refractivity contribution in [1.29, 1.82) is 0 Å². The molecule has 0 aliphatic rings. The predicted octanol–water partition coefficient (Wildman–Crippen LogP) is 0.195. The molecule has 0 saturated carbocycles. The van der Waals surface area contributed by atoms with Crippen LogP contribution in [-0.4, -0.2) is 18.2 Å². The maximum Gasteiger partial charge on any atom is 0.0284 e. The zero-order valence-corrected chi connectivity index (χ0v) is 4.72. The third kappa shape index (κ3) is 3.62.